The minimum Gasteiger partial charge on any atom is -0.338 e. The lowest BCUT2D eigenvalue weighted by Gasteiger charge is -2.06. The van der Waals surface area contributed by atoms with Gasteiger partial charge in [-0.1, -0.05) is 31.1 Å². The van der Waals surface area contributed by atoms with Gasteiger partial charge in [-0.05, 0) is 30.0 Å². The standard InChI is InChI=1S/C13H17N3O/c1-3-9-5-6-10(4-2)11(7-9)13-15-12(8-14)17-16-13/h5-7H,3-4,8,14H2,1-2H3. The van der Waals surface area contributed by atoms with Crippen molar-refractivity contribution in [2.45, 2.75) is 33.2 Å². The van der Waals surface area contributed by atoms with Gasteiger partial charge in [-0.3, -0.25) is 0 Å². The molecule has 1 aromatic heterocycles. The van der Waals surface area contributed by atoms with Gasteiger partial charge in [0.15, 0.2) is 0 Å². The normalized spacial score (nSPS) is 10.8. The van der Waals surface area contributed by atoms with Gasteiger partial charge in [0, 0.05) is 5.56 Å². The molecule has 0 saturated carbocycles. The fraction of sp³-hybridized carbons (Fsp3) is 0.385. The summed E-state index contributed by atoms with van der Waals surface area (Å²) in [4.78, 5) is 4.28. The summed E-state index contributed by atoms with van der Waals surface area (Å²) in [7, 11) is 0. The summed E-state index contributed by atoms with van der Waals surface area (Å²) in [6, 6.07) is 6.41. The molecule has 1 heterocycles. The average Bonchev–Trinajstić information content (AvgIpc) is 2.86. The molecule has 0 spiro atoms. The smallest absolute Gasteiger partial charge is 0.240 e. The highest BCUT2D eigenvalue weighted by atomic mass is 16.5. The van der Waals surface area contributed by atoms with Crippen LogP contribution in [0, 0.1) is 0 Å². The second kappa shape index (κ2) is 5.10. The molecule has 0 saturated heterocycles. The number of nitrogens with zero attached hydrogens (tertiary/aromatic N) is 2. The van der Waals surface area contributed by atoms with Gasteiger partial charge in [0.05, 0.1) is 6.54 Å². The van der Waals surface area contributed by atoms with Gasteiger partial charge >= 0.3 is 0 Å². The summed E-state index contributed by atoms with van der Waals surface area (Å²) in [5, 5.41) is 3.98. The van der Waals surface area contributed by atoms with E-state index in [0.29, 0.717) is 11.7 Å². The van der Waals surface area contributed by atoms with Crippen LogP contribution in [0.25, 0.3) is 11.4 Å². The van der Waals surface area contributed by atoms with Crippen molar-refractivity contribution in [3.63, 3.8) is 0 Å². The van der Waals surface area contributed by atoms with E-state index < -0.39 is 0 Å². The molecule has 2 aromatic rings. The van der Waals surface area contributed by atoms with Crippen LogP contribution in [0.3, 0.4) is 0 Å². The van der Waals surface area contributed by atoms with Crippen LogP contribution in [0.2, 0.25) is 0 Å². The van der Waals surface area contributed by atoms with Crippen LogP contribution in [-0.2, 0) is 19.4 Å². The molecule has 0 fully saturated rings. The Morgan fingerprint density at radius 3 is 2.65 bits per heavy atom. The van der Waals surface area contributed by atoms with Crippen LogP contribution in [0.15, 0.2) is 22.7 Å². The summed E-state index contributed by atoms with van der Waals surface area (Å²) in [6.45, 7) is 4.53. The second-order valence-electron chi connectivity index (χ2n) is 3.91. The molecule has 90 valence electrons. The monoisotopic (exact) mass is 231 g/mol. The maximum absolute atomic E-state index is 5.47. The van der Waals surface area contributed by atoms with E-state index in [-0.39, 0.29) is 6.54 Å². The molecule has 4 heteroatoms. The summed E-state index contributed by atoms with van der Waals surface area (Å²) in [5.41, 5.74) is 9.03. The van der Waals surface area contributed by atoms with E-state index in [9.17, 15) is 0 Å². The van der Waals surface area contributed by atoms with Crippen LogP contribution in [0.1, 0.15) is 30.9 Å². The zero-order chi connectivity index (χ0) is 12.3. The van der Waals surface area contributed by atoms with Gasteiger partial charge < -0.3 is 10.3 Å². The predicted octanol–water partition coefficient (Wildman–Crippen LogP) is 2.32. The highest BCUT2D eigenvalue weighted by Crippen LogP contribution is 2.23. The Kier molecular flexibility index (Phi) is 3.54. The van der Waals surface area contributed by atoms with E-state index in [1.54, 1.807) is 0 Å². The highest BCUT2D eigenvalue weighted by Gasteiger charge is 2.11. The lowest BCUT2D eigenvalue weighted by Crippen LogP contribution is -1.96. The molecule has 2 N–H and O–H groups in total. The predicted molar refractivity (Wildman–Crippen MR) is 66.4 cm³/mol. The van der Waals surface area contributed by atoms with Crippen LogP contribution in [0.5, 0.6) is 0 Å². The number of rotatable bonds is 4. The quantitative estimate of drug-likeness (QED) is 0.877. The first-order valence-electron chi connectivity index (χ1n) is 5.93. The Hall–Kier alpha value is -1.68. The van der Waals surface area contributed by atoms with Crippen molar-refractivity contribution in [3.8, 4) is 11.4 Å². The molecule has 0 aliphatic heterocycles. The number of aryl methyl sites for hydroxylation is 2. The minimum absolute atomic E-state index is 0.280. The van der Waals surface area contributed by atoms with Crippen LogP contribution in [0.4, 0.5) is 0 Å². The van der Waals surface area contributed by atoms with E-state index in [1.807, 2.05) is 0 Å². The average molecular weight is 231 g/mol. The number of aromatic nitrogens is 2. The second-order valence-corrected chi connectivity index (χ2v) is 3.91. The molecular weight excluding hydrogens is 214 g/mol. The molecule has 0 atom stereocenters. The number of hydrogen-bond acceptors (Lipinski definition) is 4. The van der Waals surface area contributed by atoms with Crippen molar-refractivity contribution in [2.24, 2.45) is 5.73 Å². The lowest BCUT2D eigenvalue weighted by molar-refractivity contribution is 0.380. The number of nitrogens with two attached hydrogens (primary N) is 1. The summed E-state index contributed by atoms with van der Waals surface area (Å²) in [5.74, 6) is 1.11. The van der Waals surface area contributed by atoms with Gasteiger partial charge in [-0.25, -0.2) is 0 Å². The number of benzene rings is 1. The highest BCUT2D eigenvalue weighted by molar-refractivity contribution is 5.61. The van der Waals surface area contributed by atoms with E-state index in [1.165, 1.54) is 11.1 Å². The number of hydrogen-bond donors (Lipinski definition) is 1. The molecule has 0 bridgehead atoms. The van der Waals surface area contributed by atoms with Gasteiger partial charge in [0.1, 0.15) is 0 Å². The SMILES string of the molecule is CCc1ccc(CC)c(-c2noc(CN)n2)c1. The first kappa shape index (κ1) is 11.8. The first-order valence-corrected chi connectivity index (χ1v) is 5.93. The molecular formula is C13H17N3O. The molecule has 0 unspecified atom stereocenters. The Morgan fingerprint density at radius 2 is 2.06 bits per heavy atom. The van der Waals surface area contributed by atoms with Crippen molar-refractivity contribution in [1.29, 1.82) is 0 Å². The molecule has 17 heavy (non-hydrogen) atoms. The Balaban J connectivity index is 2.47. The first-order chi connectivity index (χ1) is 8.28. The van der Waals surface area contributed by atoms with Crippen LogP contribution >= 0.6 is 0 Å². The molecule has 0 amide bonds. The Morgan fingerprint density at radius 1 is 1.24 bits per heavy atom. The lowest BCUT2D eigenvalue weighted by atomic mass is 10.0. The molecule has 0 radical (unpaired) electrons. The van der Waals surface area contributed by atoms with Crippen molar-refractivity contribution >= 4 is 0 Å². The molecule has 0 aliphatic rings. The summed E-state index contributed by atoms with van der Waals surface area (Å²) >= 11 is 0. The van der Waals surface area contributed by atoms with Gasteiger partial charge in [-0.2, -0.15) is 4.98 Å². The van der Waals surface area contributed by atoms with Crippen LogP contribution < -0.4 is 5.73 Å². The zero-order valence-corrected chi connectivity index (χ0v) is 10.2. The largest absolute Gasteiger partial charge is 0.338 e. The van der Waals surface area contributed by atoms with Crippen molar-refractivity contribution in [2.75, 3.05) is 0 Å². The van der Waals surface area contributed by atoms with Gasteiger partial charge in [-0.15, -0.1) is 0 Å². The minimum atomic E-state index is 0.280. The molecule has 4 nitrogen and oxygen atoms in total. The molecule has 2 rings (SSSR count). The van der Waals surface area contributed by atoms with E-state index >= 15 is 0 Å². The summed E-state index contributed by atoms with van der Waals surface area (Å²) < 4.78 is 5.06. The zero-order valence-electron chi connectivity index (χ0n) is 10.2. The van der Waals surface area contributed by atoms with Gasteiger partial charge in [0.2, 0.25) is 11.7 Å². The Bertz CT molecular complexity index is 505. The Labute approximate surface area is 101 Å². The third-order valence-corrected chi connectivity index (χ3v) is 2.85. The van der Waals surface area contributed by atoms with Crippen molar-refractivity contribution < 1.29 is 4.52 Å². The summed E-state index contributed by atoms with van der Waals surface area (Å²) in [6.07, 6.45) is 1.95. The molecule has 1 aromatic carbocycles. The maximum Gasteiger partial charge on any atom is 0.240 e. The third kappa shape index (κ3) is 2.36. The van der Waals surface area contributed by atoms with E-state index in [0.717, 1.165) is 18.4 Å². The van der Waals surface area contributed by atoms with E-state index in [4.69, 9.17) is 10.3 Å². The van der Waals surface area contributed by atoms with Gasteiger partial charge in [0.25, 0.3) is 0 Å². The topological polar surface area (TPSA) is 64.9 Å². The van der Waals surface area contributed by atoms with Crippen molar-refractivity contribution in [3.05, 3.63) is 35.2 Å². The maximum atomic E-state index is 5.47. The van der Waals surface area contributed by atoms with Crippen molar-refractivity contribution in [1.82, 2.24) is 10.1 Å². The van der Waals surface area contributed by atoms with E-state index in [2.05, 4.69) is 42.2 Å². The van der Waals surface area contributed by atoms with Crippen LogP contribution in [-0.4, -0.2) is 10.1 Å². The fourth-order valence-corrected chi connectivity index (χ4v) is 1.81. The third-order valence-electron chi connectivity index (χ3n) is 2.85. The molecule has 0 aliphatic carbocycles. The fourth-order valence-electron chi connectivity index (χ4n) is 1.81.